The van der Waals surface area contributed by atoms with Gasteiger partial charge in [-0.3, -0.25) is 4.79 Å². The monoisotopic (exact) mass is 373 g/mol. The van der Waals surface area contributed by atoms with Crippen LogP contribution in [0, 0.1) is 0 Å². The molecule has 7 heteroatoms. The Labute approximate surface area is 138 Å². The molecule has 0 fully saturated rings. The van der Waals surface area contributed by atoms with E-state index >= 15 is 0 Å². The maximum Gasteiger partial charge on any atom is 0.328 e. The highest BCUT2D eigenvalue weighted by Crippen LogP contribution is 2.12. The standard InChI is InChI=1S/C15H20BrNO5/c1-20-7-8-22-10-14(18)17-13(15(19)21-2)9-11-3-5-12(16)6-4-11/h3-6,13H,7-10H2,1-2H3,(H,17,18)/t13-/m0/s1. The van der Waals surface area contributed by atoms with Crippen LogP contribution in [0.1, 0.15) is 5.56 Å². The third-order valence-electron chi connectivity index (χ3n) is 2.84. The molecular weight excluding hydrogens is 354 g/mol. The van der Waals surface area contributed by atoms with Crippen LogP contribution in [0.2, 0.25) is 0 Å². The summed E-state index contributed by atoms with van der Waals surface area (Å²) in [5, 5.41) is 2.62. The van der Waals surface area contributed by atoms with Crippen molar-refractivity contribution >= 4 is 27.8 Å². The lowest BCUT2D eigenvalue weighted by molar-refractivity contribution is -0.145. The summed E-state index contributed by atoms with van der Waals surface area (Å²) >= 11 is 3.35. The summed E-state index contributed by atoms with van der Waals surface area (Å²) in [5.74, 6) is -0.864. The van der Waals surface area contributed by atoms with E-state index in [0.29, 0.717) is 19.6 Å². The van der Waals surface area contributed by atoms with E-state index in [-0.39, 0.29) is 12.5 Å². The molecular formula is C15H20BrNO5. The van der Waals surface area contributed by atoms with Crippen LogP contribution in [0.5, 0.6) is 0 Å². The summed E-state index contributed by atoms with van der Waals surface area (Å²) < 4.78 is 15.6. The zero-order valence-corrected chi connectivity index (χ0v) is 14.2. The Morgan fingerprint density at radius 1 is 1.18 bits per heavy atom. The van der Waals surface area contributed by atoms with Gasteiger partial charge in [0.05, 0.1) is 20.3 Å². The number of hydrogen-bond acceptors (Lipinski definition) is 5. The Hall–Kier alpha value is -1.44. The molecule has 0 aliphatic carbocycles. The average Bonchev–Trinajstić information content (AvgIpc) is 2.52. The van der Waals surface area contributed by atoms with Crippen molar-refractivity contribution in [2.75, 3.05) is 34.0 Å². The summed E-state index contributed by atoms with van der Waals surface area (Å²) in [6.45, 7) is 0.601. The van der Waals surface area contributed by atoms with E-state index in [2.05, 4.69) is 21.2 Å². The fraction of sp³-hybridized carbons (Fsp3) is 0.467. The lowest BCUT2D eigenvalue weighted by Gasteiger charge is -2.16. The Balaban J connectivity index is 2.55. The highest BCUT2D eigenvalue weighted by molar-refractivity contribution is 9.10. The van der Waals surface area contributed by atoms with Gasteiger partial charge in [-0.05, 0) is 17.7 Å². The molecule has 0 unspecified atom stereocenters. The van der Waals surface area contributed by atoms with E-state index in [1.54, 1.807) is 7.11 Å². The summed E-state index contributed by atoms with van der Waals surface area (Å²) in [5.41, 5.74) is 0.916. The molecule has 0 heterocycles. The van der Waals surface area contributed by atoms with Crippen molar-refractivity contribution < 1.29 is 23.8 Å². The third kappa shape index (κ3) is 7.02. The van der Waals surface area contributed by atoms with Gasteiger partial charge in [0.2, 0.25) is 5.91 Å². The van der Waals surface area contributed by atoms with Crippen LogP contribution >= 0.6 is 15.9 Å². The highest BCUT2D eigenvalue weighted by atomic mass is 79.9. The maximum atomic E-state index is 11.8. The molecule has 0 spiro atoms. The quantitative estimate of drug-likeness (QED) is 0.521. The Morgan fingerprint density at radius 2 is 1.86 bits per heavy atom. The molecule has 0 radical (unpaired) electrons. The van der Waals surface area contributed by atoms with Crippen molar-refractivity contribution in [2.45, 2.75) is 12.5 Å². The zero-order valence-electron chi connectivity index (χ0n) is 12.6. The molecule has 0 aliphatic heterocycles. The van der Waals surface area contributed by atoms with Gasteiger partial charge in [-0.25, -0.2) is 4.79 Å². The van der Waals surface area contributed by atoms with Crippen LogP contribution in [0.15, 0.2) is 28.7 Å². The van der Waals surface area contributed by atoms with Gasteiger partial charge in [-0.1, -0.05) is 28.1 Å². The van der Waals surface area contributed by atoms with Crippen LogP contribution in [0.3, 0.4) is 0 Å². The van der Waals surface area contributed by atoms with Gasteiger partial charge < -0.3 is 19.5 Å². The number of esters is 1. The molecule has 6 nitrogen and oxygen atoms in total. The van der Waals surface area contributed by atoms with Crippen LogP contribution in [-0.2, 0) is 30.2 Å². The Kier molecular flexibility index (Phi) is 8.72. The molecule has 1 N–H and O–H groups in total. The fourth-order valence-electron chi connectivity index (χ4n) is 1.73. The maximum absolute atomic E-state index is 11.8. The molecule has 1 aromatic carbocycles. The number of hydrogen-bond donors (Lipinski definition) is 1. The normalized spacial score (nSPS) is 11.8. The molecule has 0 aromatic heterocycles. The van der Waals surface area contributed by atoms with E-state index in [9.17, 15) is 9.59 Å². The number of nitrogens with one attached hydrogen (secondary N) is 1. The number of carbonyl (C=O) groups excluding carboxylic acids is 2. The molecule has 1 atom stereocenters. The minimum absolute atomic E-state index is 0.128. The molecule has 1 rings (SSSR count). The van der Waals surface area contributed by atoms with Crippen LogP contribution in [0.25, 0.3) is 0 Å². The van der Waals surface area contributed by atoms with Gasteiger partial charge in [0.15, 0.2) is 0 Å². The second kappa shape index (κ2) is 10.3. The average molecular weight is 374 g/mol. The molecule has 0 bridgehead atoms. The van der Waals surface area contributed by atoms with Gasteiger partial charge in [-0.2, -0.15) is 0 Å². The Morgan fingerprint density at radius 3 is 2.45 bits per heavy atom. The van der Waals surface area contributed by atoms with Crippen LogP contribution < -0.4 is 5.32 Å². The van der Waals surface area contributed by atoms with Gasteiger partial charge in [-0.15, -0.1) is 0 Å². The Bertz CT molecular complexity index is 477. The first-order valence-corrected chi connectivity index (χ1v) is 7.54. The highest BCUT2D eigenvalue weighted by Gasteiger charge is 2.21. The number of rotatable bonds is 9. The molecule has 22 heavy (non-hydrogen) atoms. The van der Waals surface area contributed by atoms with E-state index in [4.69, 9.17) is 14.2 Å². The topological polar surface area (TPSA) is 73.9 Å². The fourth-order valence-corrected chi connectivity index (χ4v) is 2.00. The molecule has 0 saturated carbocycles. The van der Waals surface area contributed by atoms with Crippen molar-refractivity contribution in [1.29, 1.82) is 0 Å². The summed E-state index contributed by atoms with van der Waals surface area (Å²) in [4.78, 5) is 23.6. The number of carbonyl (C=O) groups is 2. The van der Waals surface area contributed by atoms with Gasteiger partial charge >= 0.3 is 5.97 Å². The zero-order chi connectivity index (χ0) is 16.4. The second-order valence-corrected chi connectivity index (χ2v) is 5.43. The van der Waals surface area contributed by atoms with Crippen LogP contribution in [-0.4, -0.2) is 52.0 Å². The molecule has 0 aliphatic rings. The predicted molar refractivity (Wildman–Crippen MR) is 84.5 cm³/mol. The number of methoxy groups -OCH3 is 2. The van der Waals surface area contributed by atoms with E-state index in [0.717, 1.165) is 10.0 Å². The second-order valence-electron chi connectivity index (χ2n) is 4.52. The lowest BCUT2D eigenvalue weighted by Crippen LogP contribution is -2.44. The minimum atomic E-state index is -0.746. The molecule has 0 saturated heterocycles. The van der Waals surface area contributed by atoms with Crippen molar-refractivity contribution in [2.24, 2.45) is 0 Å². The molecule has 1 aromatic rings. The summed E-state index contributed by atoms with van der Waals surface area (Å²) in [6.07, 6.45) is 0.351. The van der Waals surface area contributed by atoms with Crippen LogP contribution in [0.4, 0.5) is 0 Å². The first-order chi connectivity index (χ1) is 10.6. The van der Waals surface area contributed by atoms with Crippen molar-refractivity contribution in [3.05, 3.63) is 34.3 Å². The van der Waals surface area contributed by atoms with Gasteiger partial charge in [0, 0.05) is 18.0 Å². The van der Waals surface area contributed by atoms with E-state index in [1.807, 2.05) is 24.3 Å². The van der Waals surface area contributed by atoms with Crippen molar-refractivity contribution in [3.8, 4) is 0 Å². The van der Waals surface area contributed by atoms with Crippen molar-refractivity contribution in [3.63, 3.8) is 0 Å². The smallest absolute Gasteiger partial charge is 0.328 e. The minimum Gasteiger partial charge on any atom is -0.467 e. The number of halogens is 1. The van der Waals surface area contributed by atoms with E-state index < -0.39 is 12.0 Å². The lowest BCUT2D eigenvalue weighted by atomic mass is 10.1. The summed E-state index contributed by atoms with van der Waals surface area (Å²) in [7, 11) is 2.84. The SMILES string of the molecule is COCCOCC(=O)N[C@@H](Cc1ccc(Br)cc1)C(=O)OC. The predicted octanol–water partition coefficient (Wildman–Crippen LogP) is 1.31. The first-order valence-electron chi connectivity index (χ1n) is 6.75. The third-order valence-corrected chi connectivity index (χ3v) is 3.37. The van der Waals surface area contributed by atoms with E-state index in [1.165, 1.54) is 7.11 Å². The summed E-state index contributed by atoms with van der Waals surface area (Å²) in [6, 6.07) is 6.76. The first kappa shape index (κ1) is 18.6. The van der Waals surface area contributed by atoms with Gasteiger partial charge in [0.25, 0.3) is 0 Å². The molecule has 122 valence electrons. The number of benzene rings is 1. The van der Waals surface area contributed by atoms with Gasteiger partial charge in [0.1, 0.15) is 12.6 Å². The number of amides is 1. The largest absolute Gasteiger partial charge is 0.467 e. The number of ether oxygens (including phenoxy) is 3. The van der Waals surface area contributed by atoms with Crippen molar-refractivity contribution in [1.82, 2.24) is 5.32 Å². The molecule has 1 amide bonds.